The van der Waals surface area contributed by atoms with Crippen molar-refractivity contribution in [1.82, 2.24) is 9.99 Å². The molecule has 0 aliphatic carbocycles. The Hall–Kier alpha value is -2.64. The summed E-state index contributed by atoms with van der Waals surface area (Å²) in [6.07, 6.45) is 1.86. The van der Waals surface area contributed by atoms with Crippen molar-refractivity contribution < 1.29 is 19.5 Å². The number of hydrogen-bond donors (Lipinski definition) is 3. The predicted octanol–water partition coefficient (Wildman–Crippen LogP) is 0.568. The molecule has 0 atom stereocenters. The van der Waals surface area contributed by atoms with Gasteiger partial charge < -0.3 is 15.4 Å². The van der Waals surface area contributed by atoms with Gasteiger partial charge in [-0.3, -0.25) is 9.59 Å². The van der Waals surface area contributed by atoms with E-state index in [1.165, 1.54) is 13.2 Å². The number of rotatable bonds is 3. The number of aromatic carboxylic acids is 1. The lowest BCUT2D eigenvalue weighted by molar-refractivity contribution is -0.130. The van der Waals surface area contributed by atoms with Gasteiger partial charge in [-0.2, -0.15) is 5.10 Å². The van der Waals surface area contributed by atoms with Crippen LogP contribution in [0.5, 0.6) is 0 Å². The summed E-state index contributed by atoms with van der Waals surface area (Å²) in [5, 5.41) is 16.6. The molecule has 0 radical (unpaired) electrons. The summed E-state index contributed by atoms with van der Waals surface area (Å²) in [6, 6.07) is 0. The fraction of sp³-hybridized carbons (Fsp3) is 0.333. The summed E-state index contributed by atoms with van der Waals surface area (Å²) in [5.74, 6) is -1.80. The maximum absolute atomic E-state index is 12.0. The highest BCUT2D eigenvalue weighted by molar-refractivity contribution is 6.43. The van der Waals surface area contributed by atoms with Crippen molar-refractivity contribution in [2.24, 2.45) is 5.10 Å². The second kappa shape index (κ2) is 5.16. The molecule has 3 N–H and O–H groups in total. The first-order valence-electron chi connectivity index (χ1n) is 5.96. The molecule has 0 fully saturated rings. The zero-order valence-corrected chi connectivity index (χ0v) is 11.1. The zero-order valence-electron chi connectivity index (χ0n) is 11.1. The standard InChI is InChI=1S/C12H14N4O4/c1-6-10(12(19)20)8(5-13-6)14-11(18)7-3-4-9(17)16(2)15-7/h5,13H,3-4H2,1-2H3,(H,14,18)(H,19,20). The number of hydrogen-bond acceptors (Lipinski definition) is 4. The van der Waals surface area contributed by atoms with Crippen LogP contribution in [0, 0.1) is 6.92 Å². The van der Waals surface area contributed by atoms with Crippen LogP contribution in [0.15, 0.2) is 11.3 Å². The quantitative estimate of drug-likeness (QED) is 0.749. The van der Waals surface area contributed by atoms with E-state index >= 15 is 0 Å². The van der Waals surface area contributed by atoms with Gasteiger partial charge in [0.2, 0.25) is 5.91 Å². The maximum Gasteiger partial charge on any atom is 0.339 e. The van der Waals surface area contributed by atoms with Gasteiger partial charge in [0.15, 0.2) is 0 Å². The molecular weight excluding hydrogens is 264 g/mol. The summed E-state index contributed by atoms with van der Waals surface area (Å²) in [4.78, 5) is 37.1. The molecule has 1 aromatic rings. The minimum atomic E-state index is -1.13. The third kappa shape index (κ3) is 2.53. The van der Waals surface area contributed by atoms with Gasteiger partial charge in [-0.15, -0.1) is 0 Å². The first-order valence-corrected chi connectivity index (χ1v) is 5.96. The first-order chi connectivity index (χ1) is 9.40. The minimum absolute atomic E-state index is 0.0131. The molecular formula is C12H14N4O4. The Morgan fingerprint density at radius 1 is 1.45 bits per heavy atom. The van der Waals surface area contributed by atoms with E-state index in [0.717, 1.165) is 5.01 Å². The lowest BCUT2D eigenvalue weighted by Gasteiger charge is -2.18. The van der Waals surface area contributed by atoms with Crippen LogP contribution in [-0.4, -0.2) is 45.6 Å². The Bertz CT molecular complexity index is 617. The Morgan fingerprint density at radius 3 is 2.75 bits per heavy atom. The molecule has 1 aliphatic rings. The van der Waals surface area contributed by atoms with Gasteiger partial charge in [0.1, 0.15) is 11.3 Å². The van der Waals surface area contributed by atoms with Gasteiger partial charge in [-0.1, -0.05) is 0 Å². The third-order valence-corrected chi connectivity index (χ3v) is 3.01. The van der Waals surface area contributed by atoms with Gasteiger partial charge in [-0.25, -0.2) is 9.80 Å². The number of hydrazone groups is 1. The number of aromatic nitrogens is 1. The number of amides is 2. The van der Waals surface area contributed by atoms with Crippen LogP contribution in [-0.2, 0) is 9.59 Å². The fourth-order valence-electron chi connectivity index (χ4n) is 1.93. The number of carbonyl (C=O) groups excluding carboxylic acids is 2. The van der Waals surface area contributed by atoms with Crippen LogP contribution in [0.1, 0.15) is 28.9 Å². The molecule has 0 unspecified atom stereocenters. The summed E-state index contributed by atoms with van der Waals surface area (Å²) < 4.78 is 0. The molecule has 2 heterocycles. The van der Waals surface area contributed by atoms with Crippen LogP contribution in [0.25, 0.3) is 0 Å². The zero-order chi connectivity index (χ0) is 14.9. The number of aryl methyl sites for hydroxylation is 1. The smallest absolute Gasteiger partial charge is 0.339 e. The van der Waals surface area contributed by atoms with E-state index in [9.17, 15) is 14.4 Å². The molecule has 0 spiro atoms. The largest absolute Gasteiger partial charge is 0.478 e. The van der Waals surface area contributed by atoms with Crippen molar-refractivity contribution in [3.8, 4) is 0 Å². The predicted molar refractivity (Wildman–Crippen MR) is 70.6 cm³/mol. The van der Waals surface area contributed by atoms with Gasteiger partial charge >= 0.3 is 5.97 Å². The molecule has 8 nitrogen and oxygen atoms in total. The van der Waals surface area contributed by atoms with Crippen LogP contribution in [0.3, 0.4) is 0 Å². The van der Waals surface area contributed by atoms with Crippen LogP contribution < -0.4 is 5.32 Å². The van der Waals surface area contributed by atoms with E-state index in [4.69, 9.17) is 5.11 Å². The van der Waals surface area contributed by atoms with Gasteiger partial charge in [0.05, 0.1) is 5.69 Å². The molecule has 2 rings (SSSR count). The van der Waals surface area contributed by atoms with E-state index in [2.05, 4.69) is 15.4 Å². The van der Waals surface area contributed by atoms with Gasteiger partial charge in [0, 0.05) is 31.8 Å². The van der Waals surface area contributed by atoms with Crippen molar-refractivity contribution in [2.75, 3.05) is 12.4 Å². The number of H-pyrrole nitrogens is 1. The average Bonchev–Trinajstić information content (AvgIpc) is 2.73. The average molecular weight is 278 g/mol. The molecule has 8 heteroatoms. The molecule has 0 saturated heterocycles. The molecule has 1 aromatic heterocycles. The molecule has 1 aliphatic heterocycles. The normalized spacial score (nSPS) is 15.0. The summed E-state index contributed by atoms with van der Waals surface area (Å²) >= 11 is 0. The fourth-order valence-corrected chi connectivity index (χ4v) is 1.93. The van der Waals surface area contributed by atoms with Crippen molar-refractivity contribution in [3.05, 3.63) is 17.5 Å². The van der Waals surface area contributed by atoms with Crippen molar-refractivity contribution in [2.45, 2.75) is 19.8 Å². The van der Waals surface area contributed by atoms with E-state index < -0.39 is 11.9 Å². The van der Waals surface area contributed by atoms with E-state index in [0.29, 0.717) is 5.69 Å². The molecule has 106 valence electrons. The number of carbonyl (C=O) groups is 3. The number of carboxylic acid groups (broad SMARTS) is 1. The maximum atomic E-state index is 12.0. The Labute approximate surface area is 114 Å². The first kappa shape index (κ1) is 13.8. The molecule has 20 heavy (non-hydrogen) atoms. The highest BCUT2D eigenvalue weighted by atomic mass is 16.4. The number of aromatic amines is 1. The summed E-state index contributed by atoms with van der Waals surface area (Å²) in [5.41, 5.74) is 0.842. The lowest BCUT2D eigenvalue weighted by Crippen LogP contribution is -2.34. The highest BCUT2D eigenvalue weighted by Crippen LogP contribution is 2.19. The number of nitrogens with one attached hydrogen (secondary N) is 2. The van der Waals surface area contributed by atoms with Crippen LogP contribution in [0.2, 0.25) is 0 Å². The Kier molecular flexibility index (Phi) is 3.55. The Morgan fingerprint density at radius 2 is 2.15 bits per heavy atom. The second-order valence-corrected chi connectivity index (χ2v) is 4.43. The number of carboxylic acids is 1. The molecule has 2 amide bonds. The highest BCUT2D eigenvalue weighted by Gasteiger charge is 2.24. The van der Waals surface area contributed by atoms with E-state index in [1.807, 2.05) is 0 Å². The van der Waals surface area contributed by atoms with E-state index in [-0.39, 0.29) is 35.7 Å². The van der Waals surface area contributed by atoms with E-state index in [1.54, 1.807) is 6.92 Å². The molecule has 0 saturated carbocycles. The second-order valence-electron chi connectivity index (χ2n) is 4.43. The topological polar surface area (TPSA) is 115 Å². The summed E-state index contributed by atoms with van der Waals surface area (Å²) in [7, 11) is 1.47. The van der Waals surface area contributed by atoms with Crippen molar-refractivity contribution in [1.29, 1.82) is 0 Å². The monoisotopic (exact) mass is 278 g/mol. The molecule has 0 aromatic carbocycles. The SMILES string of the molecule is Cc1[nH]cc(NC(=O)C2=NN(C)C(=O)CC2)c1C(=O)O. The number of nitrogens with zero attached hydrogens (tertiary/aromatic N) is 2. The third-order valence-electron chi connectivity index (χ3n) is 3.01. The van der Waals surface area contributed by atoms with Crippen molar-refractivity contribution >= 4 is 29.2 Å². The lowest BCUT2D eigenvalue weighted by atomic mass is 10.1. The van der Waals surface area contributed by atoms with Crippen LogP contribution >= 0.6 is 0 Å². The summed E-state index contributed by atoms with van der Waals surface area (Å²) in [6.45, 7) is 1.60. The number of anilines is 1. The van der Waals surface area contributed by atoms with Crippen LogP contribution in [0.4, 0.5) is 5.69 Å². The van der Waals surface area contributed by atoms with Crippen molar-refractivity contribution in [3.63, 3.8) is 0 Å². The Balaban J connectivity index is 2.19. The van der Waals surface area contributed by atoms with Gasteiger partial charge in [0.25, 0.3) is 5.91 Å². The molecule has 0 bridgehead atoms. The van der Waals surface area contributed by atoms with Gasteiger partial charge in [-0.05, 0) is 6.92 Å². The minimum Gasteiger partial charge on any atom is -0.478 e.